The van der Waals surface area contributed by atoms with E-state index in [0.717, 1.165) is 16.6 Å². The number of aromatic nitrogens is 1. The number of carbonyl (C=O) groups is 1. The molecule has 3 rings (SSSR count). The number of hydrogen-bond acceptors (Lipinski definition) is 5. The van der Waals surface area contributed by atoms with Gasteiger partial charge in [-0.3, -0.25) is 9.78 Å². The molecule has 1 fully saturated rings. The van der Waals surface area contributed by atoms with Gasteiger partial charge in [0.05, 0.1) is 24.4 Å². The maximum absolute atomic E-state index is 11.6. The molecule has 1 unspecified atom stereocenters. The van der Waals surface area contributed by atoms with Gasteiger partial charge in [-0.15, -0.1) is 0 Å². The van der Waals surface area contributed by atoms with Gasteiger partial charge in [0.1, 0.15) is 6.04 Å². The Labute approximate surface area is 116 Å². The van der Waals surface area contributed by atoms with E-state index in [-0.39, 0.29) is 0 Å². The average molecular weight is 272 g/mol. The molecule has 6 heteroatoms. The van der Waals surface area contributed by atoms with Crippen LogP contribution < -0.4 is 16.4 Å². The van der Waals surface area contributed by atoms with Crippen molar-refractivity contribution >= 4 is 28.2 Å². The number of morpholine rings is 1. The van der Waals surface area contributed by atoms with Crippen LogP contribution in [-0.2, 0) is 9.53 Å². The molecule has 2 heterocycles. The Hall–Kier alpha value is -2.34. The van der Waals surface area contributed by atoms with E-state index in [1.54, 1.807) is 12.3 Å². The first-order valence-corrected chi connectivity index (χ1v) is 6.45. The second-order valence-corrected chi connectivity index (χ2v) is 4.76. The SMILES string of the molecule is NC(=O)C1COCCN1c1ccc(N)c2ncccc12. The molecule has 1 aromatic carbocycles. The van der Waals surface area contributed by atoms with Crippen molar-refractivity contribution in [1.29, 1.82) is 0 Å². The fourth-order valence-electron chi connectivity index (χ4n) is 2.56. The molecule has 1 aliphatic rings. The number of rotatable bonds is 2. The summed E-state index contributed by atoms with van der Waals surface area (Å²) in [5, 5.41) is 0.917. The highest BCUT2D eigenvalue weighted by Crippen LogP contribution is 2.31. The van der Waals surface area contributed by atoms with Crippen LogP contribution in [-0.4, -0.2) is 36.7 Å². The first-order valence-electron chi connectivity index (χ1n) is 6.45. The van der Waals surface area contributed by atoms with E-state index < -0.39 is 11.9 Å². The number of carbonyl (C=O) groups excluding carboxylic acids is 1. The van der Waals surface area contributed by atoms with Crippen molar-refractivity contribution in [2.45, 2.75) is 6.04 Å². The molecule has 1 saturated heterocycles. The van der Waals surface area contributed by atoms with Crippen molar-refractivity contribution in [2.24, 2.45) is 5.73 Å². The number of nitrogens with two attached hydrogens (primary N) is 2. The summed E-state index contributed by atoms with van der Waals surface area (Å²) in [7, 11) is 0. The third kappa shape index (κ3) is 2.04. The summed E-state index contributed by atoms with van der Waals surface area (Å²) >= 11 is 0. The number of primary amides is 1. The third-order valence-electron chi connectivity index (χ3n) is 3.54. The van der Waals surface area contributed by atoms with Gasteiger partial charge in [-0.25, -0.2) is 0 Å². The number of nitrogens with zero attached hydrogens (tertiary/aromatic N) is 2. The fraction of sp³-hybridized carbons (Fsp3) is 0.286. The zero-order valence-corrected chi connectivity index (χ0v) is 11.0. The third-order valence-corrected chi connectivity index (χ3v) is 3.54. The van der Waals surface area contributed by atoms with Crippen LogP contribution in [0.3, 0.4) is 0 Å². The first kappa shape index (κ1) is 12.7. The van der Waals surface area contributed by atoms with Crippen molar-refractivity contribution in [3.63, 3.8) is 0 Å². The summed E-state index contributed by atoms with van der Waals surface area (Å²) < 4.78 is 5.35. The van der Waals surface area contributed by atoms with Crippen LogP contribution in [0.5, 0.6) is 0 Å². The standard InChI is InChI=1S/C14H16N4O2/c15-10-3-4-11(9-2-1-5-17-13(9)10)18-6-7-20-8-12(18)14(16)19/h1-5,12H,6-8,15H2,(H2,16,19). The predicted octanol–water partition coefficient (Wildman–Crippen LogP) is 0.508. The number of amides is 1. The highest BCUT2D eigenvalue weighted by atomic mass is 16.5. The van der Waals surface area contributed by atoms with Crippen molar-refractivity contribution in [1.82, 2.24) is 4.98 Å². The van der Waals surface area contributed by atoms with E-state index in [2.05, 4.69) is 4.98 Å². The van der Waals surface area contributed by atoms with Crippen LogP contribution in [0.1, 0.15) is 0 Å². The minimum Gasteiger partial charge on any atom is -0.397 e. The molecule has 104 valence electrons. The second-order valence-electron chi connectivity index (χ2n) is 4.76. The molecule has 1 atom stereocenters. The monoisotopic (exact) mass is 272 g/mol. The van der Waals surface area contributed by atoms with E-state index in [1.165, 1.54) is 0 Å². The molecule has 2 aromatic rings. The largest absolute Gasteiger partial charge is 0.397 e. The molecule has 1 aromatic heterocycles. The van der Waals surface area contributed by atoms with Gasteiger partial charge in [0.25, 0.3) is 0 Å². The molecule has 0 radical (unpaired) electrons. The normalized spacial score (nSPS) is 19.2. The van der Waals surface area contributed by atoms with Gasteiger partial charge < -0.3 is 21.1 Å². The van der Waals surface area contributed by atoms with Crippen LogP contribution in [0.2, 0.25) is 0 Å². The molecule has 20 heavy (non-hydrogen) atoms. The van der Waals surface area contributed by atoms with Gasteiger partial charge in [-0.1, -0.05) is 0 Å². The summed E-state index contributed by atoms with van der Waals surface area (Å²) in [5.41, 5.74) is 13.7. The van der Waals surface area contributed by atoms with Gasteiger partial charge in [-0.05, 0) is 24.3 Å². The Morgan fingerprint density at radius 3 is 3.05 bits per heavy atom. The number of pyridine rings is 1. The zero-order chi connectivity index (χ0) is 14.1. The van der Waals surface area contributed by atoms with Crippen molar-refractivity contribution in [3.05, 3.63) is 30.5 Å². The predicted molar refractivity (Wildman–Crippen MR) is 77.3 cm³/mol. The average Bonchev–Trinajstić information content (AvgIpc) is 2.48. The topological polar surface area (TPSA) is 94.5 Å². The lowest BCUT2D eigenvalue weighted by Crippen LogP contribution is -2.52. The lowest BCUT2D eigenvalue weighted by molar-refractivity contribution is -0.121. The number of fused-ring (bicyclic) bond motifs is 1. The number of nitrogen functional groups attached to an aromatic ring is 1. The summed E-state index contributed by atoms with van der Waals surface area (Å²) in [5.74, 6) is -0.390. The fourth-order valence-corrected chi connectivity index (χ4v) is 2.56. The molecular weight excluding hydrogens is 256 g/mol. The Morgan fingerprint density at radius 2 is 2.25 bits per heavy atom. The second kappa shape index (κ2) is 4.97. The molecule has 6 nitrogen and oxygen atoms in total. The van der Waals surface area contributed by atoms with Crippen LogP contribution in [0.15, 0.2) is 30.5 Å². The van der Waals surface area contributed by atoms with Crippen LogP contribution >= 0.6 is 0 Å². The Balaban J connectivity index is 2.13. The maximum atomic E-state index is 11.6. The molecule has 0 bridgehead atoms. The molecule has 0 aliphatic carbocycles. The minimum atomic E-state index is -0.462. The van der Waals surface area contributed by atoms with E-state index in [4.69, 9.17) is 16.2 Å². The Morgan fingerprint density at radius 1 is 1.40 bits per heavy atom. The zero-order valence-electron chi connectivity index (χ0n) is 11.0. The van der Waals surface area contributed by atoms with Crippen molar-refractivity contribution in [3.8, 4) is 0 Å². The van der Waals surface area contributed by atoms with E-state index in [9.17, 15) is 4.79 Å². The first-order chi connectivity index (χ1) is 9.68. The van der Waals surface area contributed by atoms with Crippen LogP contribution in [0, 0.1) is 0 Å². The summed E-state index contributed by atoms with van der Waals surface area (Å²) in [6, 6.07) is 7.04. The van der Waals surface area contributed by atoms with Gasteiger partial charge in [0, 0.05) is 23.8 Å². The number of ether oxygens (including phenoxy) is 1. The van der Waals surface area contributed by atoms with Gasteiger partial charge in [0.2, 0.25) is 5.91 Å². The summed E-state index contributed by atoms with van der Waals surface area (Å²) in [6.45, 7) is 1.49. The number of hydrogen-bond donors (Lipinski definition) is 2. The number of anilines is 2. The van der Waals surface area contributed by atoms with E-state index in [0.29, 0.717) is 25.4 Å². The van der Waals surface area contributed by atoms with Gasteiger partial charge >= 0.3 is 0 Å². The summed E-state index contributed by atoms with van der Waals surface area (Å²) in [6.07, 6.45) is 1.70. The Kier molecular flexibility index (Phi) is 3.15. The van der Waals surface area contributed by atoms with Gasteiger partial charge in [0.15, 0.2) is 0 Å². The highest BCUT2D eigenvalue weighted by molar-refractivity contribution is 6.00. The maximum Gasteiger partial charge on any atom is 0.242 e. The van der Waals surface area contributed by atoms with E-state index >= 15 is 0 Å². The Bertz CT molecular complexity index is 659. The van der Waals surface area contributed by atoms with Crippen LogP contribution in [0.25, 0.3) is 10.9 Å². The molecule has 0 spiro atoms. The quantitative estimate of drug-likeness (QED) is 0.777. The van der Waals surface area contributed by atoms with Crippen molar-refractivity contribution < 1.29 is 9.53 Å². The summed E-state index contributed by atoms with van der Waals surface area (Å²) in [4.78, 5) is 17.9. The van der Waals surface area contributed by atoms with Crippen LogP contribution in [0.4, 0.5) is 11.4 Å². The smallest absolute Gasteiger partial charge is 0.242 e. The highest BCUT2D eigenvalue weighted by Gasteiger charge is 2.29. The lowest BCUT2D eigenvalue weighted by Gasteiger charge is -2.36. The molecular formula is C14H16N4O2. The molecule has 1 amide bonds. The molecule has 0 saturated carbocycles. The van der Waals surface area contributed by atoms with Crippen molar-refractivity contribution in [2.75, 3.05) is 30.4 Å². The number of benzene rings is 1. The molecule has 4 N–H and O–H groups in total. The van der Waals surface area contributed by atoms with E-state index in [1.807, 2.05) is 23.1 Å². The minimum absolute atomic E-state index is 0.307. The molecule has 1 aliphatic heterocycles. The lowest BCUT2D eigenvalue weighted by atomic mass is 10.1. The van der Waals surface area contributed by atoms with Gasteiger partial charge in [-0.2, -0.15) is 0 Å².